The molecule has 114 valence electrons. The molecule has 4 rings (SSSR count). The summed E-state index contributed by atoms with van der Waals surface area (Å²) >= 11 is 0. The number of benzene rings is 1. The van der Waals surface area contributed by atoms with Crippen molar-refractivity contribution in [3.8, 4) is 11.5 Å². The Morgan fingerprint density at radius 1 is 1.48 bits per heavy atom. The Morgan fingerprint density at radius 3 is 3.05 bits per heavy atom. The fraction of sp³-hybridized carbons (Fsp3) is 0.647. The van der Waals surface area contributed by atoms with Crippen LogP contribution in [0, 0.1) is 5.92 Å². The quantitative estimate of drug-likeness (QED) is 0.814. The van der Waals surface area contributed by atoms with E-state index in [1.165, 1.54) is 11.1 Å². The van der Waals surface area contributed by atoms with Crippen LogP contribution in [-0.4, -0.2) is 31.0 Å². The van der Waals surface area contributed by atoms with Gasteiger partial charge < -0.3 is 19.9 Å². The van der Waals surface area contributed by atoms with Crippen molar-refractivity contribution in [2.75, 3.05) is 13.7 Å². The SMILES string of the molecule is CCCNCc1ccc(OC)c2c1C13CC1[C@H](O)C[C@@H]3O2. The van der Waals surface area contributed by atoms with Crippen LogP contribution in [0.4, 0.5) is 0 Å². The molecule has 1 aliphatic heterocycles. The zero-order chi connectivity index (χ0) is 14.6. The highest BCUT2D eigenvalue weighted by molar-refractivity contribution is 5.62. The molecule has 1 aromatic carbocycles. The molecule has 21 heavy (non-hydrogen) atoms. The second-order valence-electron chi connectivity index (χ2n) is 6.57. The summed E-state index contributed by atoms with van der Waals surface area (Å²) in [5.41, 5.74) is 2.67. The van der Waals surface area contributed by atoms with Crippen molar-refractivity contribution in [2.24, 2.45) is 5.92 Å². The molecule has 0 amide bonds. The van der Waals surface area contributed by atoms with E-state index in [0.717, 1.165) is 43.9 Å². The molecule has 4 nitrogen and oxygen atoms in total. The summed E-state index contributed by atoms with van der Waals surface area (Å²) in [4.78, 5) is 0. The minimum atomic E-state index is -0.203. The van der Waals surface area contributed by atoms with Gasteiger partial charge in [0.15, 0.2) is 11.5 Å². The summed E-state index contributed by atoms with van der Waals surface area (Å²) in [5.74, 6) is 2.13. The van der Waals surface area contributed by atoms with Crippen LogP contribution in [0.15, 0.2) is 12.1 Å². The minimum absolute atomic E-state index is 0.0620. The zero-order valence-corrected chi connectivity index (χ0v) is 12.7. The summed E-state index contributed by atoms with van der Waals surface area (Å²) in [6.07, 6.45) is 2.87. The van der Waals surface area contributed by atoms with Crippen LogP contribution >= 0.6 is 0 Å². The third-order valence-corrected chi connectivity index (χ3v) is 5.45. The third-order valence-electron chi connectivity index (χ3n) is 5.45. The van der Waals surface area contributed by atoms with Crippen LogP contribution in [0.2, 0.25) is 0 Å². The van der Waals surface area contributed by atoms with Crippen molar-refractivity contribution in [2.45, 2.75) is 50.4 Å². The van der Waals surface area contributed by atoms with Gasteiger partial charge in [0.25, 0.3) is 0 Å². The second-order valence-corrected chi connectivity index (χ2v) is 6.57. The van der Waals surface area contributed by atoms with Crippen molar-refractivity contribution in [1.82, 2.24) is 5.32 Å². The van der Waals surface area contributed by atoms with Crippen LogP contribution < -0.4 is 14.8 Å². The van der Waals surface area contributed by atoms with E-state index < -0.39 is 0 Å². The van der Waals surface area contributed by atoms with Crippen molar-refractivity contribution in [3.05, 3.63) is 23.3 Å². The number of aliphatic hydroxyl groups is 1. The van der Waals surface area contributed by atoms with Gasteiger partial charge in [0.2, 0.25) is 0 Å². The highest BCUT2D eigenvalue weighted by atomic mass is 16.5. The first-order valence-electron chi connectivity index (χ1n) is 7.98. The van der Waals surface area contributed by atoms with E-state index in [0.29, 0.717) is 5.92 Å². The van der Waals surface area contributed by atoms with Crippen LogP contribution in [-0.2, 0) is 12.0 Å². The lowest BCUT2D eigenvalue weighted by molar-refractivity contribution is 0.122. The largest absolute Gasteiger partial charge is 0.493 e. The van der Waals surface area contributed by atoms with Crippen LogP contribution in [0.3, 0.4) is 0 Å². The van der Waals surface area contributed by atoms with E-state index in [-0.39, 0.29) is 17.6 Å². The molecule has 1 heterocycles. The van der Waals surface area contributed by atoms with Gasteiger partial charge in [-0.25, -0.2) is 0 Å². The molecule has 2 aliphatic carbocycles. The maximum absolute atomic E-state index is 10.2. The second kappa shape index (κ2) is 4.62. The van der Waals surface area contributed by atoms with Gasteiger partial charge in [0.1, 0.15) is 6.10 Å². The number of methoxy groups -OCH3 is 1. The van der Waals surface area contributed by atoms with Gasteiger partial charge in [-0.05, 0) is 36.9 Å². The number of hydrogen-bond donors (Lipinski definition) is 2. The van der Waals surface area contributed by atoms with Crippen molar-refractivity contribution in [1.29, 1.82) is 0 Å². The molecule has 2 fully saturated rings. The summed E-state index contributed by atoms with van der Waals surface area (Å²) < 4.78 is 11.7. The predicted octanol–water partition coefficient (Wildman–Crippen LogP) is 1.98. The molecular weight excluding hydrogens is 266 g/mol. The van der Waals surface area contributed by atoms with Gasteiger partial charge in [0, 0.05) is 23.9 Å². The fourth-order valence-corrected chi connectivity index (χ4v) is 4.43. The van der Waals surface area contributed by atoms with Gasteiger partial charge >= 0.3 is 0 Å². The average Bonchev–Trinajstić information content (AvgIpc) is 3.05. The Labute approximate surface area is 125 Å². The van der Waals surface area contributed by atoms with Crippen LogP contribution in [0.5, 0.6) is 11.5 Å². The molecule has 1 spiro atoms. The normalized spacial score (nSPS) is 34.9. The highest BCUT2D eigenvalue weighted by Crippen LogP contribution is 2.71. The number of ether oxygens (including phenoxy) is 2. The molecule has 4 atom stereocenters. The number of aliphatic hydroxyl groups excluding tert-OH is 1. The molecule has 0 radical (unpaired) electrons. The van der Waals surface area contributed by atoms with E-state index in [1.54, 1.807) is 7.11 Å². The Hall–Kier alpha value is -1.26. The van der Waals surface area contributed by atoms with E-state index in [1.807, 2.05) is 6.07 Å². The molecule has 0 bridgehead atoms. The standard InChI is InChI=1S/C17H23NO3/c1-3-6-18-9-10-4-5-13(20-2)16-15(10)17-8-11(17)12(19)7-14(17)21-16/h4-5,11-12,14,18-19H,3,6-9H2,1-2H3/t11?,12-,14+,17?/m1/s1. The van der Waals surface area contributed by atoms with Crippen molar-refractivity contribution >= 4 is 0 Å². The zero-order valence-electron chi connectivity index (χ0n) is 12.7. The third kappa shape index (κ3) is 1.69. The molecular formula is C17H23NO3. The first kappa shape index (κ1) is 13.4. The first-order chi connectivity index (χ1) is 10.2. The van der Waals surface area contributed by atoms with Gasteiger partial charge in [0.05, 0.1) is 13.2 Å². The first-order valence-corrected chi connectivity index (χ1v) is 7.98. The molecule has 2 unspecified atom stereocenters. The molecule has 2 saturated carbocycles. The topological polar surface area (TPSA) is 50.7 Å². The monoisotopic (exact) mass is 289 g/mol. The summed E-state index contributed by atoms with van der Waals surface area (Å²) in [6.45, 7) is 4.05. The minimum Gasteiger partial charge on any atom is -0.493 e. The smallest absolute Gasteiger partial charge is 0.165 e. The molecule has 4 heteroatoms. The van der Waals surface area contributed by atoms with Gasteiger partial charge in [-0.1, -0.05) is 13.0 Å². The molecule has 0 aromatic heterocycles. The highest BCUT2D eigenvalue weighted by Gasteiger charge is 2.73. The van der Waals surface area contributed by atoms with E-state index >= 15 is 0 Å². The Balaban J connectivity index is 1.74. The Kier molecular flexibility index (Phi) is 2.95. The summed E-state index contributed by atoms with van der Waals surface area (Å²) in [7, 11) is 1.69. The maximum Gasteiger partial charge on any atom is 0.165 e. The van der Waals surface area contributed by atoms with E-state index in [2.05, 4.69) is 18.3 Å². The number of fused-ring (bicyclic) bond motifs is 1. The summed E-state index contributed by atoms with van der Waals surface area (Å²) in [5, 5.41) is 13.7. The van der Waals surface area contributed by atoms with Gasteiger partial charge in [-0.2, -0.15) is 0 Å². The molecule has 3 aliphatic rings. The number of rotatable bonds is 5. The lowest BCUT2D eigenvalue weighted by atomic mass is 9.88. The van der Waals surface area contributed by atoms with E-state index in [9.17, 15) is 5.11 Å². The Bertz CT molecular complexity index is 573. The number of nitrogens with one attached hydrogen (secondary N) is 1. The number of hydrogen-bond acceptors (Lipinski definition) is 4. The Morgan fingerprint density at radius 2 is 2.33 bits per heavy atom. The van der Waals surface area contributed by atoms with E-state index in [4.69, 9.17) is 9.47 Å². The van der Waals surface area contributed by atoms with Gasteiger partial charge in [-0.3, -0.25) is 0 Å². The van der Waals surface area contributed by atoms with Crippen LogP contribution in [0.25, 0.3) is 0 Å². The lowest BCUT2D eigenvalue weighted by Gasteiger charge is -2.15. The predicted molar refractivity (Wildman–Crippen MR) is 79.8 cm³/mol. The average molecular weight is 289 g/mol. The maximum atomic E-state index is 10.2. The fourth-order valence-electron chi connectivity index (χ4n) is 4.43. The van der Waals surface area contributed by atoms with Crippen LogP contribution in [0.1, 0.15) is 37.3 Å². The lowest BCUT2D eigenvalue weighted by Crippen LogP contribution is -2.23. The molecule has 0 saturated heterocycles. The van der Waals surface area contributed by atoms with Crippen molar-refractivity contribution in [3.63, 3.8) is 0 Å². The van der Waals surface area contributed by atoms with Crippen molar-refractivity contribution < 1.29 is 14.6 Å². The summed E-state index contributed by atoms with van der Waals surface area (Å²) in [6, 6.07) is 4.16. The van der Waals surface area contributed by atoms with Gasteiger partial charge in [-0.15, -0.1) is 0 Å². The molecule has 1 aromatic rings. The molecule has 2 N–H and O–H groups in total.